The molecular weight excluding hydrogens is 340 g/mol. The van der Waals surface area contributed by atoms with Crippen LogP contribution in [0.2, 0.25) is 0 Å². The van der Waals surface area contributed by atoms with Crippen molar-refractivity contribution in [3.63, 3.8) is 0 Å². The third kappa shape index (κ3) is 4.57. The van der Waals surface area contributed by atoms with Gasteiger partial charge in [0.2, 0.25) is 5.91 Å². The molecule has 1 amide bonds. The highest BCUT2D eigenvalue weighted by Gasteiger charge is 2.21. The number of piperazine rings is 1. The zero-order chi connectivity index (χ0) is 19.2. The molecule has 2 N–H and O–H groups in total. The highest BCUT2D eigenvalue weighted by Crippen LogP contribution is 2.24. The normalized spacial score (nSPS) is 15.5. The number of nitrogens with one attached hydrogen (secondary N) is 1. The minimum atomic E-state index is -0.956. The summed E-state index contributed by atoms with van der Waals surface area (Å²) in [6.45, 7) is 7.92. The van der Waals surface area contributed by atoms with E-state index in [1.165, 1.54) is 11.3 Å². The van der Waals surface area contributed by atoms with Crippen LogP contribution >= 0.6 is 0 Å². The van der Waals surface area contributed by atoms with Crippen molar-refractivity contribution < 1.29 is 9.90 Å². The Morgan fingerprint density at radius 1 is 1.15 bits per heavy atom. The maximum Gasteiger partial charge on any atom is 0.249 e. The molecule has 1 saturated heterocycles. The van der Waals surface area contributed by atoms with Gasteiger partial charge < -0.3 is 20.2 Å². The Morgan fingerprint density at radius 2 is 1.85 bits per heavy atom. The van der Waals surface area contributed by atoms with Crippen LogP contribution in [-0.4, -0.2) is 48.3 Å². The van der Waals surface area contributed by atoms with Crippen LogP contribution in [-0.2, 0) is 11.3 Å². The standard InChI is InChI=1S/C21H28N4O2/c1-3-19(26)21(27)23-15-17-8-6-10-22-20(17)25-13-11-24(12-14-25)18-9-5-4-7-16(18)2/h4-10,19,26H,3,11-15H2,1-2H3,(H,23,27). The number of hydrogen-bond donors (Lipinski definition) is 2. The number of amides is 1. The second-order valence-corrected chi connectivity index (χ2v) is 6.89. The van der Waals surface area contributed by atoms with Crippen molar-refractivity contribution >= 4 is 17.4 Å². The summed E-state index contributed by atoms with van der Waals surface area (Å²) in [5, 5.41) is 12.4. The smallest absolute Gasteiger partial charge is 0.249 e. The van der Waals surface area contributed by atoms with Gasteiger partial charge in [-0.15, -0.1) is 0 Å². The molecule has 0 spiro atoms. The van der Waals surface area contributed by atoms with Crippen molar-refractivity contribution in [2.75, 3.05) is 36.0 Å². The number of carbonyl (C=O) groups is 1. The van der Waals surface area contributed by atoms with E-state index in [1.807, 2.05) is 12.1 Å². The summed E-state index contributed by atoms with van der Waals surface area (Å²) in [5.74, 6) is 0.574. The molecule has 1 aromatic carbocycles. The maximum atomic E-state index is 11.9. The molecule has 1 unspecified atom stereocenters. The first-order valence-corrected chi connectivity index (χ1v) is 9.55. The Kier molecular flexibility index (Phi) is 6.29. The summed E-state index contributed by atoms with van der Waals surface area (Å²) >= 11 is 0. The molecule has 1 atom stereocenters. The lowest BCUT2D eigenvalue weighted by Crippen LogP contribution is -2.47. The Morgan fingerprint density at radius 3 is 2.56 bits per heavy atom. The van der Waals surface area contributed by atoms with E-state index in [4.69, 9.17) is 0 Å². The van der Waals surface area contributed by atoms with Crippen molar-refractivity contribution in [2.45, 2.75) is 32.9 Å². The molecular formula is C21H28N4O2. The van der Waals surface area contributed by atoms with E-state index in [9.17, 15) is 9.90 Å². The van der Waals surface area contributed by atoms with Crippen LogP contribution in [0.25, 0.3) is 0 Å². The summed E-state index contributed by atoms with van der Waals surface area (Å²) in [6.07, 6.45) is 1.24. The lowest BCUT2D eigenvalue weighted by molar-refractivity contribution is -0.129. The quantitative estimate of drug-likeness (QED) is 0.817. The number of pyridine rings is 1. The molecule has 1 fully saturated rings. The average molecular weight is 368 g/mol. The first-order valence-electron chi connectivity index (χ1n) is 9.55. The van der Waals surface area contributed by atoms with Gasteiger partial charge in [-0.05, 0) is 31.0 Å². The van der Waals surface area contributed by atoms with Crippen molar-refractivity contribution in [3.05, 3.63) is 53.7 Å². The number of aliphatic hydroxyl groups excluding tert-OH is 1. The fourth-order valence-corrected chi connectivity index (χ4v) is 3.42. The van der Waals surface area contributed by atoms with Crippen LogP contribution < -0.4 is 15.1 Å². The number of aryl methyl sites for hydroxylation is 1. The van der Waals surface area contributed by atoms with Gasteiger partial charge in [0.1, 0.15) is 11.9 Å². The summed E-state index contributed by atoms with van der Waals surface area (Å²) in [4.78, 5) is 21.1. The monoisotopic (exact) mass is 368 g/mol. The first-order chi connectivity index (χ1) is 13.1. The topological polar surface area (TPSA) is 68.7 Å². The van der Waals surface area contributed by atoms with E-state index in [1.54, 1.807) is 13.1 Å². The third-order valence-corrected chi connectivity index (χ3v) is 5.05. The summed E-state index contributed by atoms with van der Waals surface area (Å²) in [5.41, 5.74) is 3.55. The van der Waals surface area contributed by atoms with E-state index in [0.29, 0.717) is 13.0 Å². The molecule has 0 saturated carbocycles. The van der Waals surface area contributed by atoms with Crippen LogP contribution in [0.5, 0.6) is 0 Å². The molecule has 144 valence electrons. The number of benzene rings is 1. The fraction of sp³-hybridized carbons (Fsp3) is 0.429. The molecule has 1 aliphatic rings. The van der Waals surface area contributed by atoms with Crippen molar-refractivity contribution in [1.29, 1.82) is 0 Å². The Balaban J connectivity index is 1.64. The molecule has 0 aliphatic carbocycles. The lowest BCUT2D eigenvalue weighted by atomic mass is 10.1. The second-order valence-electron chi connectivity index (χ2n) is 6.89. The minimum absolute atomic E-state index is 0.336. The highest BCUT2D eigenvalue weighted by molar-refractivity contribution is 5.80. The van der Waals surface area contributed by atoms with Crippen molar-refractivity contribution in [1.82, 2.24) is 10.3 Å². The van der Waals surface area contributed by atoms with Gasteiger partial charge in [-0.1, -0.05) is 31.2 Å². The van der Waals surface area contributed by atoms with Gasteiger partial charge in [0.25, 0.3) is 0 Å². The van der Waals surface area contributed by atoms with Gasteiger partial charge in [0.15, 0.2) is 0 Å². The highest BCUT2D eigenvalue weighted by atomic mass is 16.3. The number of aromatic nitrogens is 1. The molecule has 2 aromatic rings. The molecule has 6 nitrogen and oxygen atoms in total. The van der Waals surface area contributed by atoms with Crippen LogP contribution in [0, 0.1) is 6.92 Å². The molecule has 3 rings (SSSR count). The van der Waals surface area contributed by atoms with Gasteiger partial charge >= 0.3 is 0 Å². The third-order valence-electron chi connectivity index (χ3n) is 5.05. The van der Waals surface area contributed by atoms with Crippen LogP contribution in [0.4, 0.5) is 11.5 Å². The van der Waals surface area contributed by atoms with Gasteiger partial charge in [-0.3, -0.25) is 4.79 Å². The molecule has 0 bridgehead atoms. The van der Waals surface area contributed by atoms with E-state index in [-0.39, 0.29) is 5.91 Å². The van der Waals surface area contributed by atoms with Crippen molar-refractivity contribution in [2.24, 2.45) is 0 Å². The molecule has 0 radical (unpaired) electrons. The fourth-order valence-electron chi connectivity index (χ4n) is 3.42. The van der Waals surface area contributed by atoms with Gasteiger partial charge in [0, 0.05) is 50.2 Å². The number of hydrogen-bond acceptors (Lipinski definition) is 5. The first kappa shape index (κ1) is 19.2. The van der Waals surface area contributed by atoms with E-state index < -0.39 is 6.10 Å². The van der Waals surface area contributed by atoms with E-state index >= 15 is 0 Å². The molecule has 2 heterocycles. The van der Waals surface area contributed by atoms with Crippen LogP contribution in [0.15, 0.2) is 42.6 Å². The predicted molar refractivity (Wildman–Crippen MR) is 108 cm³/mol. The van der Waals surface area contributed by atoms with Crippen LogP contribution in [0.1, 0.15) is 24.5 Å². The van der Waals surface area contributed by atoms with Crippen LogP contribution in [0.3, 0.4) is 0 Å². The number of rotatable bonds is 6. The van der Waals surface area contributed by atoms with Gasteiger partial charge in [-0.25, -0.2) is 4.98 Å². The van der Waals surface area contributed by atoms with E-state index in [0.717, 1.165) is 37.6 Å². The summed E-state index contributed by atoms with van der Waals surface area (Å²) < 4.78 is 0. The molecule has 6 heteroatoms. The van der Waals surface area contributed by atoms with E-state index in [2.05, 4.69) is 51.3 Å². The van der Waals surface area contributed by atoms with Gasteiger partial charge in [0.05, 0.1) is 0 Å². The number of aliphatic hydroxyl groups is 1. The summed E-state index contributed by atoms with van der Waals surface area (Å²) in [6, 6.07) is 12.3. The Bertz CT molecular complexity index is 772. The second kappa shape index (κ2) is 8.86. The van der Waals surface area contributed by atoms with Crippen molar-refractivity contribution in [3.8, 4) is 0 Å². The number of anilines is 2. The van der Waals surface area contributed by atoms with Gasteiger partial charge in [-0.2, -0.15) is 0 Å². The molecule has 1 aliphatic heterocycles. The number of nitrogens with zero attached hydrogens (tertiary/aromatic N) is 3. The predicted octanol–water partition coefficient (Wildman–Crippen LogP) is 2.10. The molecule has 1 aromatic heterocycles. The molecule has 27 heavy (non-hydrogen) atoms. The zero-order valence-electron chi connectivity index (χ0n) is 16.1. The average Bonchev–Trinajstić information content (AvgIpc) is 2.72. The summed E-state index contributed by atoms with van der Waals surface area (Å²) in [7, 11) is 0. The Hall–Kier alpha value is -2.60. The zero-order valence-corrected chi connectivity index (χ0v) is 16.1. The largest absolute Gasteiger partial charge is 0.383 e. The number of para-hydroxylation sites is 1. The maximum absolute atomic E-state index is 11.9. The minimum Gasteiger partial charge on any atom is -0.383 e. The Labute approximate surface area is 160 Å². The lowest BCUT2D eigenvalue weighted by Gasteiger charge is -2.38. The SMILES string of the molecule is CCC(O)C(=O)NCc1cccnc1N1CCN(c2ccccc2C)CC1. The number of carbonyl (C=O) groups excluding carboxylic acids is 1.